The van der Waals surface area contributed by atoms with Crippen LogP contribution in [0.3, 0.4) is 0 Å². The Kier molecular flexibility index (Phi) is 5.82. The van der Waals surface area contributed by atoms with Gasteiger partial charge in [-0.1, -0.05) is 0 Å². The van der Waals surface area contributed by atoms with Gasteiger partial charge >= 0.3 is 0 Å². The van der Waals surface area contributed by atoms with Crippen LogP contribution in [0, 0.1) is 5.92 Å². The van der Waals surface area contributed by atoms with E-state index >= 15 is 0 Å². The first-order valence-electron chi connectivity index (χ1n) is 9.33. The summed E-state index contributed by atoms with van der Waals surface area (Å²) < 4.78 is 19.2. The molecule has 0 radical (unpaired) electrons. The molecule has 1 fully saturated rings. The molecule has 1 aliphatic rings. The van der Waals surface area contributed by atoms with E-state index in [0.29, 0.717) is 24.3 Å². The first-order chi connectivity index (χ1) is 12.4. The van der Waals surface area contributed by atoms with E-state index < -0.39 is 9.92 Å². The lowest BCUT2D eigenvalue weighted by Crippen LogP contribution is -2.38. The Morgan fingerprint density at radius 1 is 1.23 bits per heavy atom. The maximum atomic E-state index is 13.0. The van der Waals surface area contributed by atoms with E-state index in [4.69, 9.17) is 0 Å². The minimum atomic E-state index is -2.25. The van der Waals surface area contributed by atoms with Crippen LogP contribution in [-0.2, 0) is 9.92 Å². The first-order valence-corrected chi connectivity index (χ1v) is 11.0. The van der Waals surface area contributed by atoms with E-state index in [1.54, 1.807) is 10.6 Å². The normalized spacial score (nSPS) is 23.1. The molecule has 2 aromatic heterocycles. The predicted octanol–water partition coefficient (Wildman–Crippen LogP) is 2.92. The van der Waals surface area contributed by atoms with Crippen LogP contribution in [0.5, 0.6) is 0 Å². The number of nitrogens with one attached hydrogen (secondary N) is 1. The van der Waals surface area contributed by atoms with Gasteiger partial charge in [-0.3, -0.25) is 0 Å². The topological polar surface area (TPSA) is 77.5 Å². The molecule has 1 aliphatic carbocycles. The highest BCUT2D eigenvalue weighted by molar-refractivity contribution is 7.91. The standard InChI is InChI=1S/C18H30N6OS/c1-5-22-26(25,23(2)3)12-14-6-8-15(9-7-14)24(4)18-16-10-11-19-17(16)20-13-21-18/h10-11,13-15H,5-9,12H2,1-4H3,(H,19,20,21). The Labute approximate surface area is 156 Å². The monoisotopic (exact) mass is 378 g/mol. The lowest BCUT2D eigenvalue weighted by atomic mass is 9.86. The fraction of sp³-hybridized carbons (Fsp3) is 0.667. The molecule has 0 saturated heterocycles. The van der Waals surface area contributed by atoms with Crippen LogP contribution in [0.1, 0.15) is 32.6 Å². The van der Waals surface area contributed by atoms with Crippen molar-refractivity contribution in [3.63, 3.8) is 0 Å². The predicted molar refractivity (Wildman–Crippen MR) is 108 cm³/mol. The molecule has 144 valence electrons. The number of rotatable bonds is 6. The van der Waals surface area contributed by atoms with Crippen LogP contribution < -0.4 is 4.90 Å². The van der Waals surface area contributed by atoms with Crippen molar-refractivity contribution in [3.8, 4) is 0 Å². The Hall–Kier alpha value is -1.67. The summed E-state index contributed by atoms with van der Waals surface area (Å²) in [5.41, 5.74) is 0.877. The number of aromatic nitrogens is 3. The smallest absolute Gasteiger partial charge is 0.142 e. The van der Waals surface area contributed by atoms with Crippen molar-refractivity contribution in [3.05, 3.63) is 18.6 Å². The third-order valence-electron chi connectivity index (χ3n) is 5.39. The molecule has 26 heavy (non-hydrogen) atoms. The summed E-state index contributed by atoms with van der Waals surface area (Å²) in [5.74, 6) is 2.14. The molecule has 0 bridgehead atoms. The van der Waals surface area contributed by atoms with Crippen molar-refractivity contribution >= 4 is 26.8 Å². The zero-order chi connectivity index (χ0) is 18.7. The molecular formula is C18H30N6OS. The van der Waals surface area contributed by atoms with Gasteiger partial charge in [-0.2, -0.15) is 0 Å². The van der Waals surface area contributed by atoms with Gasteiger partial charge in [0, 0.05) is 45.7 Å². The average Bonchev–Trinajstić information content (AvgIpc) is 3.10. The summed E-state index contributed by atoms with van der Waals surface area (Å²) >= 11 is 0. The number of hydrogen-bond donors (Lipinski definition) is 1. The molecular weight excluding hydrogens is 348 g/mol. The summed E-state index contributed by atoms with van der Waals surface area (Å²) in [4.78, 5) is 14.2. The summed E-state index contributed by atoms with van der Waals surface area (Å²) in [6, 6.07) is 2.49. The van der Waals surface area contributed by atoms with E-state index in [2.05, 4.69) is 31.3 Å². The number of H-pyrrole nitrogens is 1. The summed E-state index contributed by atoms with van der Waals surface area (Å²) in [6.07, 6.45) is 7.87. The Morgan fingerprint density at radius 3 is 2.62 bits per heavy atom. The molecule has 7 nitrogen and oxygen atoms in total. The minimum absolute atomic E-state index is 0.456. The number of nitrogens with zero attached hydrogens (tertiary/aromatic N) is 5. The first kappa shape index (κ1) is 19.1. The van der Waals surface area contributed by atoms with Gasteiger partial charge in [0.25, 0.3) is 0 Å². The molecule has 0 aromatic carbocycles. The average molecular weight is 379 g/mol. The highest BCUT2D eigenvalue weighted by Crippen LogP contribution is 2.32. The SMILES string of the molecule is CCN=S(=O)(CC1CCC(N(C)c2ncnc3[nH]ccc23)CC1)N(C)C. The number of hydrogen-bond acceptors (Lipinski definition) is 5. The largest absolute Gasteiger partial charge is 0.356 e. The van der Waals surface area contributed by atoms with Gasteiger partial charge in [-0.05, 0) is 44.6 Å². The van der Waals surface area contributed by atoms with E-state index in [1.807, 2.05) is 33.3 Å². The van der Waals surface area contributed by atoms with E-state index in [-0.39, 0.29) is 0 Å². The molecule has 3 rings (SSSR count). The number of aromatic amines is 1. The Balaban J connectivity index is 1.66. The van der Waals surface area contributed by atoms with Crippen molar-refractivity contribution < 1.29 is 4.21 Å². The van der Waals surface area contributed by atoms with Gasteiger partial charge in [0.2, 0.25) is 0 Å². The number of anilines is 1. The Bertz CT molecular complexity index is 846. The third kappa shape index (κ3) is 3.86. The second-order valence-corrected chi connectivity index (χ2v) is 9.79. The lowest BCUT2D eigenvalue weighted by molar-refractivity contribution is 0.340. The van der Waals surface area contributed by atoms with E-state index in [1.165, 1.54) is 0 Å². The van der Waals surface area contributed by atoms with E-state index in [0.717, 1.165) is 42.5 Å². The van der Waals surface area contributed by atoms with E-state index in [9.17, 15) is 4.21 Å². The lowest BCUT2D eigenvalue weighted by Gasteiger charge is -2.36. The van der Waals surface area contributed by atoms with Gasteiger partial charge in [0.1, 0.15) is 27.7 Å². The molecule has 0 amide bonds. The van der Waals surface area contributed by atoms with Gasteiger partial charge in [0.05, 0.1) is 5.39 Å². The summed E-state index contributed by atoms with van der Waals surface area (Å²) in [7, 11) is 3.62. The van der Waals surface area contributed by atoms with Gasteiger partial charge in [-0.25, -0.2) is 22.8 Å². The van der Waals surface area contributed by atoms with Gasteiger partial charge in [-0.15, -0.1) is 0 Å². The van der Waals surface area contributed by atoms with Gasteiger partial charge < -0.3 is 9.88 Å². The summed E-state index contributed by atoms with van der Waals surface area (Å²) in [5, 5.41) is 1.06. The highest BCUT2D eigenvalue weighted by Gasteiger charge is 2.28. The molecule has 2 aromatic rings. The van der Waals surface area contributed by atoms with Crippen LogP contribution >= 0.6 is 0 Å². The molecule has 0 aliphatic heterocycles. The molecule has 1 unspecified atom stereocenters. The van der Waals surface area contributed by atoms with Crippen LogP contribution in [-0.4, -0.2) is 62.9 Å². The summed E-state index contributed by atoms with van der Waals surface area (Å²) in [6.45, 7) is 2.56. The molecule has 1 atom stereocenters. The quantitative estimate of drug-likeness (QED) is 0.838. The Morgan fingerprint density at radius 2 is 1.96 bits per heavy atom. The zero-order valence-electron chi connectivity index (χ0n) is 16.2. The zero-order valence-corrected chi connectivity index (χ0v) is 17.0. The van der Waals surface area contributed by atoms with Crippen molar-refractivity contribution in [1.29, 1.82) is 0 Å². The van der Waals surface area contributed by atoms with Crippen molar-refractivity contribution in [2.24, 2.45) is 10.3 Å². The minimum Gasteiger partial charge on any atom is -0.356 e. The highest BCUT2D eigenvalue weighted by atomic mass is 32.2. The molecule has 1 N–H and O–H groups in total. The van der Waals surface area contributed by atoms with Crippen LogP contribution in [0.15, 0.2) is 23.0 Å². The molecule has 0 spiro atoms. The van der Waals surface area contributed by atoms with Crippen molar-refractivity contribution in [2.45, 2.75) is 38.6 Å². The van der Waals surface area contributed by atoms with Gasteiger partial charge in [0.15, 0.2) is 0 Å². The number of fused-ring (bicyclic) bond motifs is 1. The third-order valence-corrected chi connectivity index (χ3v) is 8.09. The second-order valence-electron chi connectivity index (χ2n) is 7.25. The second kappa shape index (κ2) is 7.92. The maximum absolute atomic E-state index is 13.0. The fourth-order valence-corrected chi connectivity index (χ4v) is 5.82. The van der Waals surface area contributed by atoms with Crippen LogP contribution in [0.4, 0.5) is 5.82 Å². The molecule has 1 saturated carbocycles. The molecule has 8 heteroatoms. The maximum Gasteiger partial charge on any atom is 0.142 e. The molecule has 2 heterocycles. The van der Waals surface area contributed by atoms with Crippen LogP contribution in [0.2, 0.25) is 0 Å². The van der Waals surface area contributed by atoms with Crippen molar-refractivity contribution in [2.75, 3.05) is 38.3 Å². The fourth-order valence-electron chi connectivity index (χ4n) is 3.84. The van der Waals surface area contributed by atoms with Crippen molar-refractivity contribution in [1.82, 2.24) is 19.3 Å². The van der Waals surface area contributed by atoms with Crippen LogP contribution in [0.25, 0.3) is 11.0 Å².